The number of hydrogen-bond acceptors (Lipinski definition) is 4. The number of hydrogen-bond donors (Lipinski definition) is 2. The van der Waals surface area contributed by atoms with Crippen molar-refractivity contribution in [3.05, 3.63) is 0 Å². The molecule has 3 N–H and O–H groups in total. The van der Waals surface area contributed by atoms with Crippen molar-refractivity contribution in [2.45, 2.75) is 46.6 Å². The number of carbonyl (C=O) groups is 2. The first kappa shape index (κ1) is 17.9. The normalized spacial score (nSPS) is 15.7. The summed E-state index contributed by atoms with van der Waals surface area (Å²) in [6, 6.07) is -0.594. The first-order valence-electron chi connectivity index (χ1n) is 6.95. The van der Waals surface area contributed by atoms with Crippen molar-refractivity contribution in [1.29, 1.82) is 0 Å². The molecule has 3 unspecified atom stereocenters. The summed E-state index contributed by atoms with van der Waals surface area (Å²) in [6.07, 6.45) is 1.51. The van der Waals surface area contributed by atoms with Gasteiger partial charge < -0.3 is 15.8 Å². The van der Waals surface area contributed by atoms with Gasteiger partial charge in [0.25, 0.3) is 0 Å². The molecule has 0 aliphatic carbocycles. The van der Waals surface area contributed by atoms with Crippen LogP contribution in [0, 0.1) is 17.8 Å². The predicted octanol–water partition coefficient (Wildman–Crippen LogP) is 1.31. The second-order valence-electron chi connectivity index (χ2n) is 5.46. The lowest BCUT2D eigenvalue weighted by Crippen LogP contribution is -2.49. The van der Waals surface area contributed by atoms with E-state index in [1.54, 1.807) is 0 Å². The molecular weight excluding hydrogens is 244 g/mol. The highest BCUT2D eigenvalue weighted by Crippen LogP contribution is 2.14. The zero-order valence-corrected chi connectivity index (χ0v) is 12.7. The predicted molar refractivity (Wildman–Crippen MR) is 75.4 cm³/mol. The molecule has 0 saturated carbocycles. The van der Waals surface area contributed by atoms with Crippen LogP contribution in [0.5, 0.6) is 0 Å². The van der Waals surface area contributed by atoms with Crippen LogP contribution in [-0.2, 0) is 14.3 Å². The van der Waals surface area contributed by atoms with Crippen LogP contribution in [0.3, 0.4) is 0 Å². The Labute approximate surface area is 116 Å². The summed E-state index contributed by atoms with van der Waals surface area (Å²) in [5.74, 6) is -0.389. The summed E-state index contributed by atoms with van der Waals surface area (Å²) in [4.78, 5) is 23.9. The van der Waals surface area contributed by atoms with Gasteiger partial charge in [-0.1, -0.05) is 34.1 Å². The number of nitrogens with one attached hydrogen (secondary N) is 1. The fraction of sp³-hybridized carbons (Fsp3) is 0.857. The van der Waals surface area contributed by atoms with Crippen LogP contribution in [0.4, 0.5) is 0 Å². The Hall–Kier alpha value is -1.10. The van der Waals surface area contributed by atoms with E-state index in [9.17, 15) is 9.59 Å². The Morgan fingerprint density at radius 3 is 2.21 bits per heavy atom. The van der Waals surface area contributed by atoms with Crippen LogP contribution in [0.1, 0.15) is 40.5 Å². The van der Waals surface area contributed by atoms with Crippen LogP contribution in [-0.4, -0.2) is 31.6 Å². The van der Waals surface area contributed by atoms with Crippen molar-refractivity contribution < 1.29 is 14.3 Å². The molecule has 0 fully saturated rings. The Morgan fingerprint density at radius 1 is 1.26 bits per heavy atom. The van der Waals surface area contributed by atoms with E-state index in [0.29, 0.717) is 12.5 Å². The van der Waals surface area contributed by atoms with Gasteiger partial charge >= 0.3 is 5.97 Å². The third kappa shape index (κ3) is 6.05. The van der Waals surface area contributed by atoms with Crippen molar-refractivity contribution in [2.75, 3.05) is 13.7 Å². The maximum Gasteiger partial charge on any atom is 0.328 e. The van der Waals surface area contributed by atoms with E-state index in [2.05, 4.69) is 5.32 Å². The Morgan fingerprint density at radius 2 is 1.84 bits per heavy atom. The van der Waals surface area contributed by atoms with Crippen molar-refractivity contribution >= 4 is 11.9 Å². The number of carbonyl (C=O) groups excluding carboxylic acids is 2. The molecule has 0 radical (unpaired) electrons. The summed E-state index contributed by atoms with van der Waals surface area (Å²) in [7, 11) is 1.33. The van der Waals surface area contributed by atoms with Gasteiger partial charge in [0.05, 0.1) is 13.0 Å². The minimum Gasteiger partial charge on any atom is -0.467 e. The van der Waals surface area contributed by atoms with Gasteiger partial charge in [-0.3, -0.25) is 4.79 Å². The lowest BCUT2D eigenvalue weighted by atomic mass is 9.94. The quantitative estimate of drug-likeness (QED) is 0.653. The minimum atomic E-state index is -0.594. The lowest BCUT2D eigenvalue weighted by molar-refractivity contribution is -0.147. The van der Waals surface area contributed by atoms with Crippen LogP contribution >= 0.6 is 0 Å². The third-order valence-corrected chi connectivity index (χ3v) is 3.38. The van der Waals surface area contributed by atoms with Crippen molar-refractivity contribution in [1.82, 2.24) is 5.32 Å². The molecule has 0 bridgehead atoms. The molecule has 0 spiro atoms. The average molecular weight is 272 g/mol. The second-order valence-corrected chi connectivity index (χ2v) is 5.46. The fourth-order valence-electron chi connectivity index (χ4n) is 1.95. The van der Waals surface area contributed by atoms with E-state index < -0.39 is 12.0 Å². The van der Waals surface area contributed by atoms with Gasteiger partial charge in [-0.15, -0.1) is 0 Å². The topological polar surface area (TPSA) is 81.4 Å². The highest BCUT2D eigenvalue weighted by molar-refractivity contribution is 5.86. The van der Waals surface area contributed by atoms with Crippen molar-refractivity contribution in [3.63, 3.8) is 0 Å². The van der Waals surface area contributed by atoms with E-state index in [1.165, 1.54) is 7.11 Å². The molecule has 0 rings (SSSR count). The largest absolute Gasteiger partial charge is 0.467 e. The zero-order chi connectivity index (χ0) is 15.0. The smallest absolute Gasteiger partial charge is 0.328 e. The van der Waals surface area contributed by atoms with Crippen molar-refractivity contribution in [3.8, 4) is 0 Å². The van der Waals surface area contributed by atoms with Gasteiger partial charge in [0.2, 0.25) is 5.91 Å². The van der Waals surface area contributed by atoms with Gasteiger partial charge in [-0.25, -0.2) is 4.79 Å². The van der Waals surface area contributed by atoms with Crippen LogP contribution in [0.2, 0.25) is 0 Å². The molecular formula is C14H28N2O3. The second kappa shape index (κ2) is 8.91. The van der Waals surface area contributed by atoms with E-state index in [-0.39, 0.29) is 17.7 Å². The molecule has 0 aliphatic rings. The highest BCUT2D eigenvalue weighted by Gasteiger charge is 2.29. The van der Waals surface area contributed by atoms with Gasteiger partial charge in [0, 0.05) is 6.54 Å². The maximum atomic E-state index is 12.2. The Kier molecular flexibility index (Phi) is 8.39. The van der Waals surface area contributed by atoms with Gasteiger partial charge in [0.1, 0.15) is 6.04 Å². The first-order chi connectivity index (χ1) is 8.87. The van der Waals surface area contributed by atoms with Crippen LogP contribution in [0.25, 0.3) is 0 Å². The van der Waals surface area contributed by atoms with Crippen molar-refractivity contribution in [2.24, 2.45) is 23.5 Å². The molecule has 0 saturated heterocycles. The molecule has 5 heteroatoms. The van der Waals surface area contributed by atoms with E-state index in [4.69, 9.17) is 10.5 Å². The summed E-state index contributed by atoms with van der Waals surface area (Å²) < 4.78 is 4.75. The number of amides is 1. The molecule has 0 heterocycles. The summed E-state index contributed by atoms with van der Waals surface area (Å²) in [5.41, 5.74) is 5.64. The molecule has 112 valence electrons. The Balaban J connectivity index is 4.73. The van der Waals surface area contributed by atoms with Gasteiger partial charge in [0.15, 0.2) is 0 Å². The number of esters is 1. The standard InChI is InChI=1S/C14H28N2O3/c1-6-10(4)12(14(18)19-5)16-13(17)11(8-15)7-9(2)3/h9-12H,6-8,15H2,1-5H3,(H,16,17). The molecule has 0 aromatic carbocycles. The third-order valence-electron chi connectivity index (χ3n) is 3.38. The maximum absolute atomic E-state index is 12.2. The van der Waals surface area contributed by atoms with Crippen LogP contribution < -0.4 is 11.1 Å². The van der Waals surface area contributed by atoms with Gasteiger partial charge in [-0.2, -0.15) is 0 Å². The lowest BCUT2D eigenvalue weighted by Gasteiger charge is -2.25. The Bertz CT molecular complexity index is 292. The molecule has 5 nitrogen and oxygen atoms in total. The monoisotopic (exact) mass is 272 g/mol. The molecule has 19 heavy (non-hydrogen) atoms. The number of nitrogens with two attached hydrogens (primary N) is 1. The molecule has 0 aliphatic heterocycles. The number of rotatable bonds is 8. The average Bonchev–Trinajstić information content (AvgIpc) is 2.39. The minimum absolute atomic E-state index is 0.0360. The summed E-state index contributed by atoms with van der Waals surface area (Å²) in [5, 5.41) is 2.78. The molecule has 3 atom stereocenters. The highest BCUT2D eigenvalue weighted by atomic mass is 16.5. The van der Waals surface area contributed by atoms with E-state index >= 15 is 0 Å². The summed E-state index contributed by atoms with van der Waals surface area (Å²) in [6.45, 7) is 8.27. The first-order valence-corrected chi connectivity index (χ1v) is 6.95. The molecule has 0 aromatic rings. The SMILES string of the molecule is CCC(C)C(NC(=O)C(CN)CC(C)C)C(=O)OC. The number of methoxy groups -OCH3 is 1. The molecule has 0 aromatic heterocycles. The fourth-order valence-corrected chi connectivity index (χ4v) is 1.95. The number of ether oxygens (including phenoxy) is 1. The van der Waals surface area contributed by atoms with Gasteiger partial charge in [-0.05, 0) is 18.3 Å². The van der Waals surface area contributed by atoms with E-state index in [0.717, 1.165) is 12.8 Å². The van der Waals surface area contributed by atoms with E-state index in [1.807, 2.05) is 27.7 Å². The van der Waals surface area contributed by atoms with Crippen LogP contribution in [0.15, 0.2) is 0 Å². The zero-order valence-electron chi connectivity index (χ0n) is 12.7. The molecule has 1 amide bonds. The summed E-state index contributed by atoms with van der Waals surface area (Å²) >= 11 is 0.